The second kappa shape index (κ2) is 6.37. The summed E-state index contributed by atoms with van der Waals surface area (Å²) in [4.78, 5) is 0. The fraction of sp³-hybridized carbons (Fsp3) is 0.600. The fourth-order valence-corrected chi connectivity index (χ4v) is 2.11. The number of hydrogen-bond acceptors (Lipinski definition) is 4. The van der Waals surface area contributed by atoms with E-state index in [1.165, 1.54) is 5.56 Å². The molecule has 1 unspecified atom stereocenters. The van der Waals surface area contributed by atoms with Crippen molar-refractivity contribution in [1.29, 1.82) is 0 Å². The van der Waals surface area contributed by atoms with Crippen LogP contribution in [0, 0.1) is 0 Å². The van der Waals surface area contributed by atoms with Gasteiger partial charge in [0.1, 0.15) is 5.75 Å². The SMILES string of the molecule is CCOc1ccc(CNCC2COC(C)(C)O2)cc1. The van der Waals surface area contributed by atoms with Gasteiger partial charge in [0.2, 0.25) is 0 Å². The summed E-state index contributed by atoms with van der Waals surface area (Å²) in [5.41, 5.74) is 1.24. The van der Waals surface area contributed by atoms with Crippen LogP contribution in [0.5, 0.6) is 5.75 Å². The van der Waals surface area contributed by atoms with Crippen LogP contribution in [0.2, 0.25) is 0 Å². The molecule has 1 aliphatic rings. The number of hydrogen-bond donors (Lipinski definition) is 1. The largest absolute Gasteiger partial charge is 0.494 e. The lowest BCUT2D eigenvalue weighted by atomic mass is 10.2. The number of rotatable bonds is 6. The van der Waals surface area contributed by atoms with Gasteiger partial charge < -0.3 is 19.5 Å². The Labute approximate surface area is 115 Å². The molecule has 19 heavy (non-hydrogen) atoms. The lowest BCUT2D eigenvalue weighted by molar-refractivity contribution is -0.137. The Morgan fingerprint density at radius 2 is 2.05 bits per heavy atom. The zero-order valence-corrected chi connectivity index (χ0v) is 11.9. The van der Waals surface area contributed by atoms with Crippen molar-refractivity contribution >= 4 is 0 Å². The molecule has 0 radical (unpaired) electrons. The van der Waals surface area contributed by atoms with Gasteiger partial charge in [0, 0.05) is 13.1 Å². The summed E-state index contributed by atoms with van der Waals surface area (Å²) in [6, 6.07) is 8.15. The zero-order chi connectivity index (χ0) is 13.7. The minimum Gasteiger partial charge on any atom is -0.494 e. The summed E-state index contributed by atoms with van der Waals surface area (Å²) in [5, 5.41) is 3.39. The van der Waals surface area contributed by atoms with Crippen molar-refractivity contribution in [2.75, 3.05) is 19.8 Å². The monoisotopic (exact) mass is 265 g/mol. The highest BCUT2D eigenvalue weighted by Gasteiger charge is 2.32. The first kappa shape index (κ1) is 14.3. The van der Waals surface area contributed by atoms with Crippen molar-refractivity contribution in [1.82, 2.24) is 5.32 Å². The molecule has 1 aromatic rings. The van der Waals surface area contributed by atoms with Crippen LogP contribution in [-0.4, -0.2) is 31.6 Å². The summed E-state index contributed by atoms with van der Waals surface area (Å²) in [7, 11) is 0. The highest BCUT2D eigenvalue weighted by atomic mass is 16.7. The molecule has 0 aromatic heterocycles. The maximum atomic E-state index is 5.73. The topological polar surface area (TPSA) is 39.7 Å². The third-order valence-electron chi connectivity index (χ3n) is 3.00. The number of ether oxygens (including phenoxy) is 3. The van der Waals surface area contributed by atoms with Gasteiger partial charge in [0.05, 0.1) is 19.3 Å². The fourth-order valence-electron chi connectivity index (χ4n) is 2.11. The van der Waals surface area contributed by atoms with Crippen LogP contribution in [-0.2, 0) is 16.0 Å². The molecule has 1 saturated heterocycles. The summed E-state index contributed by atoms with van der Waals surface area (Å²) < 4.78 is 16.7. The molecule has 1 atom stereocenters. The highest BCUT2D eigenvalue weighted by molar-refractivity contribution is 5.27. The zero-order valence-electron chi connectivity index (χ0n) is 11.9. The molecule has 1 aromatic carbocycles. The Morgan fingerprint density at radius 1 is 1.32 bits per heavy atom. The van der Waals surface area contributed by atoms with Gasteiger partial charge in [-0.05, 0) is 38.5 Å². The van der Waals surface area contributed by atoms with Crippen molar-refractivity contribution in [2.45, 2.75) is 39.2 Å². The minimum absolute atomic E-state index is 0.137. The first-order valence-electron chi connectivity index (χ1n) is 6.83. The third kappa shape index (κ3) is 4.49. The van der Waals surface area contributed by atoms with E-state index in [9.17, 15) is 0 Å². The molecule has 1 heterocycles. The van der Waals surface area contributed by atoms with Gasteiger partial charge in [0.25, 0.3) is 0 Å². The summed E-state index contributed by atoms with van der Waals surface area (Å²) >= 11 is 0. The van der Waals surface area contributed by atoms with Crippen LogP contribution < -0.4 is 10.1 Å². The summed E-state index contributed by atoms with van der Waals surface area (Å²) in [6.45, 7) is 8.86. The van der Waals surface area contributed by atoms with Crippen LogP contribution in [0.1, 0.15) is 26.3 Å². The predicted molar refractivity (Wildman–Crippen MR) is 74.2 cm³/mol. The Balaban J connectivity index is 1.71. The molecule has 106 valence electrons. The number of nitrogens with one attached hydrogen (secondary N) is 1. The molecule has 1 fully saturated rings. The maximum Gasteiger partial charge on any atom is 0.163 e. The van der Waals surface area contributed by atoms with Crippen LogP contribution in [0.25, 0.3) is 0 Å². The van der Waals surface area contributed by atoms with Crippen LogP contribution in [0.3, 0.4) is 0 Å². The van der Waals surface area contributed by atoms with Gasteiger partial charge in [-0.2, -0.15) is 0 Å². The second-order valence-electron chi connectivity index (χ2n) is 5.16. The van der Waals surface area contributed by atoms with E-state index in [0.717, 1.165) is 18.8 Å². The average molecular weight is 265 g/mol. The molecule has 0 amide bonds. The average Bonchev–Trinajstić information content (AvgIpc) is 2.72. The molecule has 0 spiro atoms. The Morgan fingerprint density at radius 3 is 2.63 bits per heavy atom. The van der Waals surface area contributed by atoms with E-state index in [0.29, 0.717) is 13.2 Å². The maximum absolute atomic E-state index is 5.73. The van der Waals surface area contributed by atoms with Crippen molar-refractivity contribution in [3.63, 3.8) is 0 Å². The van der Waals surface area contributed by atoms with E-state index in [2.05, 4.69) is 17.4 Å². The molecule has 0 bridgehead atoms. The minimum atomic E-state index is -0.439. The predicted octanol–water partition coefficient (Wildman–Crippen LogP) is 2.33. The van der Waals surface area contributed by atoms with Crippen LogP contribution in [0.15, 0.2) is 24.3 Å². The number of benzene rings is 1. The first-order chi connectivity index (χ1) is 9.09. The molecule has 0 saturated carbocycles. The van der Waals surface area contributed by atoms with E-state index >= 15 is 0 Å². The normalized spacial score (nSPS) is 21.5. The van der Waals surface area contributed by atoms with Crippen molar-refractivity contribution in [3.05, 3.63) is 29.8 Å². The van der Waals surface area contributed by atoms with Crippen molar-refractivity contribution in [3.8, 4) is 5.75 Å². The van der Waals surface area contributed by atoms with Gasteiger partial charge in [0.15, 0.2) is 5.79 Å². The van der Waals surface area contributed by atoms with Gasteiger partial charge in [-0.15, -0.1) is 0 Å². The molecule has 4 nitrogen and oxygen atoms in total. The quantitative estimate of drug-likeness (QED) is 0.857. The van der Waals surface area contributed by atoms with Gasteiger partial charge in [-0.1, -0.05) is 12.1 Å². The van der Waals surface area contributed by atoms with E-state index in [-0.39, 0.29) is 6.10 Å². The van der Waals surface area contributed by atoms with Gasteiger partial charge in [-0.25, -0.2) is 0 Å². The Bertz CT molecular complexity index is 389. The molecule has 2 rings (SSSR count). The summed E-state index contributed by atoms with van der Waals surface area (Å²) in [5.74, 6) is 0.478. The van der Waals surface area contributed by atoms with Crippen molar-refractivity contribution in [2.24, 2.45) is 0 Å². The van der Waals surface area contributed by atoms with E-state index in [1.807, 2.05) is 32.9 Å². The lowest BCUT2D eigenvalue weighted by Crippen LogP contribution is -2.30. The summed E-state index contributed by atoms with van der Waals surface area (Å²) in [6.07, 6.45) is 0.137. The Hall–Kier alpha value is -1.10. The molecule has 4 heteroatoms. The third-order valence-corrected chi connectivity index (χ3v) is 3.00. The molecule has 1 aliphatic heterocycles. The highest BCUT2D eigenvalue weighted by Crippen LogP contribution is 2.21. The van der Waals surface area contributed by atoms with E-state index in [4.69, 9.17) is 14.2 Å². The molecule has 1 N–H and O–H groups in total. The van der Waals surface area contributed by atoms with Crippen molar-refractivity contribution < 1.29 is 14.2 Å². The molecular formula is C15H23NO3. The lowest BCUT2D eigenvalue weighted by Gasteiger charge is -2.17. The standard InChI is InChI=1S/C15H23NO3/c1-4-17-13-7-5-12(6-8-13)9-16-10-14-11-18-15(2,3)19-14/h5-8,14,16H,4,9-11H2,1-3H3. The second-order valence-corrected chi connectivity index (χ2v) is 5.16. The van der Waals surface area contributed by atoms with E-state index < -0.39 is 5.79 Å². The molecular weight excluding hydrogens is 242 g/mol. The molecule has 0 aliphatic carbocycles. The van der Waals surface area contributed by atoms with Crippen LogP contribution >= 0.6 is 0 Å². The van der Waals surface area contributed by atoms with Crippen LogP contribution in [0.4, 0.5) is 0 Å². The van der Waals surface area contributed by atoms with E-state index in [1.54, 1.807) is 0 Å². The Kier molecular flexibility index (Phi) is 4.80. The smallest absolute Gasteiger partial charge is 0.163 e. The van der Waals surface area contributed by atoms with Gasteiger partial charge >= 0.3 is 0 Å². The first-order valence-corrected chi connectivity index (χ1v) is 6.83. The van der Waals surface area contributed by atoms with Gasteiger partial charge in [-0.3, -0.25) is 0 Å².